The van der Waals surface area contributed by atoms with Crippen molar-refractivity contribution in [2.24, 2.45) is 5.92 Å². The Balaban J connectivity index is 1.24. The van der Waals surface area contributed by atoms with Crippen molar-refractivity contribution in [1.29, 1.82) is 0 Å². The van der Waals surface area contributed by atoms with Crippen molar-refractivity contribution in [2.75, 3.05) is 30.8 Å². The van der Waals surface area contributed by atoms with Gasteiger partial charge in [0.05, 0.1) is 22.1 Å². The number of hydrogen-bond donors (Lipinski definition) is 2. The summed E-state index contributed by atoms with van der Waals surface area (Å²) >= 11 is 5.61. The normalized spacial score (nSPS) is 18.4. The molecule has 6 rings (SSSR count). The van der Waals surface area contributed by atoms with E-state index < -0.39 is 0 Å². The number of pyridine rings is 1. The summed E-state index contributed by atoms with van der Waals surface area (Å²) in [4.78, 5) is 17.7. The van der Waals surface area contributed by atoms with Gasteiger partial charge in [0.25, 0.3) is 0 Å². The minimum atomic E-state index is 0.585. The molecule has 3 aromatic rings. The van der Waals surface area contributed by atoms with Gasteiger partial charge >= 0.3 is 0 Å². The van der Waals surface area contributed by atoms with Crippen LogP contribution in [-0.4, -0.2) is 45.0 Å². The number of aryl methyl sites for hydroxylation is 1. The number of hydrogen-bond acceptors (Lipinski definition) is 6. The molecule has 2 N–H and O–H groups in total. The van der Waals surface area contributed by atoms with E-state index in [1.807, 2.05) is 6.20 Å². The maximum Gasteiger partial charge on any atom is 0.227 e. The quantitative estimate of drug-likeness (QED) is 0.454. The first-order valence-electron chi connectivity index (χ1n) is 12.7. The van der Waals surface area contributed by atoms with Crippen molar-refractivity contribution in [3.8, 4) is 11.3 Å². The maximum absolute atomic E-state index is 5.61. The van der Waals surface area contributed by atoms with Crippen LogP contribution >= 0.6 is 12.2 Å². The Kier molecular flexibility index (Phi) is 5.98. The van der Waals surface area contributed by atoms with Gasteiger partial charge in [-0.3, -0.25) is 4.98 Å². The van der Waals surface area contributed by atoms with Gasteiger partial charge in [0.15, 0.2) is 0 Å². The van der Waals surface area contributed by atoms with Crippen molar-refractivity contribution in [2.45, 2.75) is 51.4 Å². The zero-order chi connectivity index (χ0) is 23.9. The fourth-order valence-electron chi connectivity index (χ4n) is 5.28. The van der Waals surface area contributed by atoms with E-state index in [4.69, 9.17) is 22.2 Å². The SMILES string of the molecule is Cc1nc(CC2CCN(C)CC2)ccc1Nc1ncc2c(n1)-c1ccc(C3CC3)cc1NC(=S)C2. The van der Waals surface area contributed by atoms with Gasteiger partial charge in [-0.2, -0.15) is 0 Å². The second-order valence-electron chi connectivity index (χ2n) is 10.4. The van der Waals surface area contributed by atoms with Crippen LogP contribution in [0.4, 0.5) is 17.3 Å². The van der Waals surface area contributed by atoms with Crippen LogP contribution in [0.25, 0.3) is 11.3 Å². The molecule has 4 heterocycles. The summed E-state index contributed by atoms with van der Waals surface area (Å²) in [5, 5.41) is 6.86. The first kappa shape index (κ1) is 22.6. The van der Waals surface area contributed by atoms with Crippen LogP contribution in [0, 0.1) is 12.8 Å². The second-order valence-corrected chi connectivity index (χ2v) is 10.9. The molecule has 3 aliphatic rings. The van der Waals surface area contributed by atoms with Gasteiger partial charge < -0.3 is 15.5 Å². The summed E-state index contributed by atoms with van der Waals surface area (Å²) in [6.45, 7) is 4.43. The van der Waals surface area contributed by atoms with Crippen molar-refractivity contribution < 1.29 is 0 Å². The van der Waals surface area contributed by atoms with Gasteiger partial charge in [0.2, 0.25) is 5.95 Å². The number of rotatable bonds is 5. The second kappa shape index (κ2) is 9.28. The van der Waals surface area contributed by atoms with Gasteiger partial charge in [-0.25, -0.2) is 9.97 Å². The number of thiocarbonyl (C=S) groups is 1. The standard InChI is InChI=1S/C28H32N6S/c1-17-24(8-6-22(30-17)13-18-9-11-34(2)12-10-18)32-28-29-16-21-15-26(35)31-25-14-20(19-3-4-19)5-7-23(25)27(21)33-28/h5-8,14,16,18-19H,3-4,9-13,15H2,1-2H3,(H,31,35)(H,29,32,33). The predicted molar refractivity (Wildman–Crippen MR) is 146 cm³/mol. The molecule has 2 aromatic heterocycles. The van der Waals surface area contributed by atoms with E-state index in [2.05, 4.69) is 64.8 Å². The molecule has 1 saturated heterocycles. The molecule has 0 spiro atoms. The summed E-state index contributed by atoms with van der Waals surface area (Å²) in [7, 11) is 2.21. The van der Waals surface area contributed by atoms with Gasteiger partial charge in [0.1, 0.15) is 0 Å². The van der Waals surface area contributed by atoms with E-state index in [0.717, 1.165) is 51.2 Å². The van der Waals surface area contributed by atoms with Crippen LogP contribution in [-0.2, 0) is 12.8 Å². The molecule has 0 bridgehead atoms. The Hall–Kier alpha value is -2.90. The fraction of sp³-hybridized carbons (Fsp3) is 0.429. The molecule has 6 nitrogen and oxygen atoms in total. The van der Waals surface area contributed by atoms with Gasteiger partial charge in [-0.15, -0.1) is 0 Å². The van der Waals surface area contributed by atoms with Gasteiger partial charge in [0, 0.05) is 35.1 Å². The summed E-state index contributed by atoms with van der Waals surface area (Å²) in [6, 6.07) is 10.9. The first-order valence-corrected chi connectivity index (χ1v) is 13.1. The van der Waals surface area contributed by atoms with E-state index in [-0.39, 0.29) is 0 Å². The highest BCUT2D eigenvalue weighted by atomic mass is 32.1. The lowest BCUT2D eigenvalue weighted by molar-refractivity contribution is 0.218. The molecule has 1 saturated carbocycles. The molecular weight excluding hydrogens is 452 g/mol. The molecule has 0 amide bonds. The van der Waals surface area contributed by atoms with Crippen LogP contribution in [0.2, 0.25) is 0 Å². The molecule has 2 fully saturated rings. The van der Waals surface area contributed by atoms with Crippen LogP contribution in [0.5, 0.6) is 0 Å². The average molecular weight is 485 g/mol. The average Bonchev–Trinajstić information content (AvgIpc) is 3.69. The predicted octanol–water partition coefficient (Wildman–Crippen LogP) is 5.65. The number of piperidine rings is 1. The number of benzene rings is 1. The molecule has 35 heavy (non-hydrogen) atoms. The zero-order valence-corrected chi connectivity index (χ0v) is 21.3. The molecule has 7 heteroatoms. The third-order valence-corrected chi connectivity index (χ3v) is 7.81. The largest absolute Gasteiger partial charge is 0.349 e. The number of fused-ring (bicyclic) bond motifs is 3. The third-order valence-electron chi connectivity index (χ3n) is 7.56. The summed E-state index contributed by atoms with van der Waals surface area (Å²) in [5.41, 5.74) is 8.61. The molecule has 1 aliphatic carbocycles. The monoisotopic (exact) mass is 484 g/mol. The molecule has 180 valence electrons. The maximum atomic E-state index is 5.61. The van der Waals surface area contributed by atoms with Crippen LogP contribution < -0.4 is 10.6 Å². The smallest absolute Gasteiger partial charge is 0.227 e. The lowest BCUT2D eigenvalue weighted by atomic mass is 9.92. The van der Waals surface area contributed by atoms with E-state index in [0.29, 0.717) is 18.3 Å². The Morgan fingerprint density at radius 3 is 2.69 bits per heavy atom. The van der Waals surface area contributed by atoms with Crippen molar-refractivity contribution in [3.63, 3.8) is 0 Å². The Bertz CT molecular complexity index is 1280. The number of aromatic nitrogens is 3. The van der Waals surface area contributed by atoms with E-state index in [1.165, 1.54) is 50.0 Å². The number of nitrogens with zero attached hydrogens (tertiary/aromatic N) is 4. The fourth-order valence-corrected chi connectivity index (χ4v) is 5.55. The van der Waals surface area contributed by atoms with Crippen molar-refractivity contribution in [1.82, 2.24) is 19.9 Å². The topological polar surface area (TPSA) is 66.0 Å². The molecule has 1 aromatic carbocycles. The van der Waals surface area contributed by atoms with E-state index >= 15 is 0 Å². The summed E-state index contributed by atoms with van der Waals surface area (Å²) in [6.07, 6.45) is 8.66. The molecule has 2 aliphatic heterocycles. The Labute approximate surface area is 212 Å². The zero-order valence-electron chi connectivity index (χ0n) is 20.5. The van der Waals surface area contributed by atoms with Crippen molar-refractivity contribution in [3.05, 3.63) is 59.0 Å². The molecular formula is C28H32N6S. The molecule has 0 unspecified atom stereocenters. The molecule has 0 radical (unpaired) electrons. The van der Waals surface area contributed by atoms with Gasteiger partial charge in [-0.1, -0.05) is 24.4 Å². The van der Waals surface area contributed by atoms with Crippen LogP contribution in [0.3, 0.4) is 0 Å². The van der Waals surface area contributed by atoms with Crippen molar-refractivity contribution >= 4 is 34.5 Å². The summed E-state index contributed by atoms with van der Waals surface area (Å²) in [5.74, 6) is 2.01. The summed E-state index contributed by atoms with van der Waals surface area (Å²) < 4.78 is 0. The van der Waals surface area contributed by atoms with E-state index in [1.54, 1.807) is 0 Å². The highest BCUT2D eigenvalue weighted by molar-refractivity contribution is 7.80. The first-order chi connectivity index (χ1) is 17.0. The lowest BCUT2D eigenvalue weighted by Gasteiger charge is -2.28. The van der Waals surface area contributed by atoms with Crippen LogP contribution in [0.1, 0.15) is 54.1 Å². The minimum absolute atomic E-state index is 0.585. The minimum Gasteiger partial charge on any atom is -0.349 e. The lowest BCUT2D eigenvalue weighted by Crippen LogP contribution is -2.31. The van der Waals surface area contributed by atoms with E-state index in [9.17, 15) is 0 Å². The number of nitrogens with one attached hydrogen (secondary N) is 2. The highest BCUT2D eigenvalue weighted by Crippen LogP contribution is 2.43. The Morgan fingerprint density at radius 1 is 1.09 bits per heavy atom. The third kappa shape index (κ3) is 4.93. The Morgan fingerprint density at radius 2 is 1.91 bits per heavy atom. The highest BCUT2D eigenvalue weighted by Gasteiger charge is 2.26. The number of likely N-dealkylation sites (tertiary alicyclic amines) is 1. The van der Waals surface area contributed by atoms with Gasteiger partial charge in [-0.05, 0) is 94.8 Å². The molecule has 0 atom stereocenters. The van der Waals surface area contributed by atoms with Crippen LogP contribution in [0.15, 0.2) is 36.5 Å². The number of anilines is 3.